The van der Waals surface area contributed by atoms with E-state index in [0.717, 1.165) is 6.42 Å². The molecule has 0 radical (unpaired) electrons. The maximum atomic E-state index is 5.60. The summed E-state index contributed by atoms with van der Waals surface area (Å²) in [6, 6.07) is 9.10. The molecule has 17 heavy (non-hydrogen) atoms. The Bertz CT molecular complexity index is 318. The summed E-state index contributed by atoms with van der Waals surface area (Å²) < 4.78 is 5.60. The number of rotatable bonds is 6. The topological polar surface area (TPSA) is 21.3 Å². The number of hydrogen-bond donors (Lipinski definition) is 1. The van der Waals surface area contributed by atoms with Gasteiger partial charge in [0.25, 0.3) is 0 Å². The summed E-state index contributed by atoms with van der Waals surface area (Å²) in [7, 11) is 3.80. The summed E-state index contributed by atoms with van der Waals surface area (Å²) in [4.78, 5) is 0. The lowest BCUT2D eigenvalue weighted by Gasteiger charge is -2.29. The Balaban J connectivity index is 2.71. The maximum absolute atomic E-state index is 5.60. The van der Waals surface area contributed by atoms with E-state index >= 15 is 0 Å². The van der Waals surface area contributed by atoms with E-state index in [9.17, 15) is 0 Å². The largest absolute Gasteiger partial charge is 0.380 e. The number of nitrogens with one attached hydrogen (secondary N) is 1. The van der Waals surface area contributed by atoms with Gasteiger partial charge in [-0.25, -0.2) is 0 Å². The van der Waals surface area contributed by atoms with Crippen LogP contribution in [-0.2, 0) is 11.2 Å². The average Bonchev–Trinajstić information content (AvgIpc) is 2.31. The number of methoxy groups -OCH3 is 1. The molecule has 0 aromatic heterocycles. The predicted molar refractivity (Wildman–Crippen MR) is 73.4 cm³/mol. The minimum Gasteiger partial charge on any atom is -0.380 e. The van der Waals surface area contributed by atoms with Gasteiger partial charge in [0, 0.05) is 13.2 Å². The predicted octanol–water partition coefficient (Wildman–Crippen LogP) is 2.80. The molecule has 0 fully saturated rings. The van der Waals surface area contributed by atoms with Crippen molar-refractivity contribution in [2.75, 3.05) is 14.2 Å². The van der Waals surface area contributed by atoms with Gasteiger partial charge in [-0.15, -0.1) is 0 Å². The second-order valence-corrected chi connectivity index (χ2v) is 5.03. The summed E-state index contributed by atoms with van der Waals surface area (Å²) in [5.74, 6) is 0.517. The highest BCUT2D eigenvalue weighted by molar-refractivity contribution is 5.22. The van der Waals surface area contributed by atoms with Gasteiger partial charge >= 0.3 is 0 Å². The molecule has 0 amide bonds. The second kappa shape index (κ2) is 6.77. The van der Waals surface area contributed by atoms with Gasteiger partial charge in [0.15, 0.2) is 0 Å². The molecule has 0 aliphatic heterocycles. The number of hydrogen-bond acceptors (Lipinski definition) is 2. The first-order valence-electron chi connectivity index (χ1n) is 6.34. The van der Waals surface area contributed by atoms with Crippen LogP contribution in [-0.4, -0.2) is 26.3 Å². The lowest BCUT2D eigenvalue weighted by atomic mass is 9.94. The van der Waals surface area contributed by atoms with Crippen LogP contribution in [0.5, 0.6) is 0 Å². The van der Waals surface area contributed by atoms with Gasteiger partial charge in [-0.05, 0) is 31.9 Å². The van der Waals surface area contributed by atoms with Crippen molar-refractivity contribution in [3.05, 3.63) is 35.4 Å². The molecule has 0 saturated heterocycles. The van der Waals surface area contributed by atoms with Gasteiger partial charge in [-0.1, -0.05) is 43.7 Å². The lowest BCUT2D eigenvalue weighted by Crippen LogP contribution is -2.43. The third-order valence-electron chi connectivity index (χ3n) is 3.27. The molecule has 0 aliphatic rings. The molecule has 1 aromatic carbocycles. The van der Waals surface area contributed by atoms with Gasteiger partial charge < -0.3 is 10.1 Å². The van der Waals surface area contributed by atoms with Crippen molar-refractivity contribution in [2.45, 2.75) is 39.3 Å². The van der Waals surface area contributed by atoms with Crippen LogP contribution < -0.4 is 5.32 Å². The number of aryl methyl sites for hydroxylation is 1. The van der Waals surface area contributed by atoms with Gasteiger partial charge in [-0.2, -0.15) is 0 Å². The van der Waals surface area contributed by atoms with Crippen LogP contribution in [0.4, 0.5) is 0 Å². The van der Waals surface area contributed by atoms with Crippen molar-refractivity contribution in [2.24, 2.45) is 5.92 Å². The summed E-state index contributed by atoms with van der Waals surface area (Å²) >= 11 is 0. The average molecular weight is 235 g/mol. The molecule has 0 heterocycles. The number of likely N-dealkylation sites (N-methyl/N-ethyl adjacent to an activating group) is 1. The normalized spacial score (nSPS) is 14.9. The Labute approximate surface area is 105 Å². The summed E-state index contributed by atoms with van der Waals surface area (Å²) in [6.07, 6.45) is 1.26. The highest BCUT2D eigenvalue weighted by Gasteiger charge is 2.22. The van der Waals surface area contributed by atoms with Crippen LogP contribution in [0.1, 0.15) is 25.0 Å². The fourth-order valence-electron chi connectivity index (χ4n) is 2.26. The SMILES string of the molecule is CNC(Cc1ccc(C)cc1)C(OC)C(C)C. The van der Waals surface area contributed by atoms with E-state index in [4.69, 9.17) is 4.74 Å². The molecule has 0 aliphatic carbocycles. The van der Waals surface area contributed by atoms with Crippen LogP contribution in [0.15, 0.2) is 24.3 Å². The number of ether oxygens (including phenoxy) is 1. The van der Waals surface area contributed by atoms with E-state index in [1.54, 1.807) is 7.11 Å². The van der Waals surface area contributed by atoms with Crippen molar-refractivity contribution in [1.82, 2.24) is 5.32 Å². The van der Waals surface area contributed by atoms with Gasteiger partial charge in [0.2, 0.25) is 0 Å². The van der Waals surface area contributed by atoms with Crippen molar-refractivity contribution in [3.8, 4) is 0 Å². The Hall–Kier alpha value is -0.860. The molecule has 1 aromatic rings. The maximum Gasteiger partial charge on any atom is 0.0750 e. The van der Waals surface area contributed by atoms with Crippen molar-refractivity contribution >= 4 is 0 Å². The lowest BCUT2D eigenvalue weighted by molar-refractivity contribution is 0.0354. The molecule has 0 spiro atoms. The highest BCUT2D eigenvalue weighted by Crippen LogP contribution is 2.15. The van der Waals surface area contributed by atoms with E-state index in [-0.39, 0.29) is 6.10 Å². The van der Waals surface area contributed by atoms with Crippen molar-refractivity contribution in [3.63, 3.8) is 0 Å². The van der Waals surface area contributed by atoms with Crippen molar-refractivity contribution < 1.29 is 4.74 Å². The summed E-state index contributed by atoms with van der Waals surface area (Å²) in [5, 5.41) is 3.37. The van der Waals surface area contributed by atoms with Crippen LogP contribution in [0, 0.1) is 12.8 Å². The molecule has 0 saturated carbocycles. The monoisotopic (exact) mass is 235 g/mol. The molecule has 1 rings (SSSR count). The zero-order valence-corrected chi connectivity index (χ0v) is 11.7. The van der Waals surface area contributed by atoms with E-state index in [1.807, 2.05) is 7.05 Å². The standard InChI is InChI=1S/C15H25NO/c1-11(2)15(17-5)14(16-4)10-13-8-6-12(3)7-9-13/h6-9,11,14-16H,10H2,1-5H3. The third kappa shape index (κ3) is 4.14. The molecule has 0 bridgehead atoms. The van der Waals surface area contributed by atoms with E-state index in [0.29, 0.717) is 12.0 Å². The fourth-order valence-corrected chi connectivity index (χ4v) is 2.26. The minimum absolute atomic E-state index is 0.251. The zero-order chi connectivity index (χ0) is 12.8. The van der Waals surface area contributed by atoms with Crippen LogP contribution in [0.2, 0.25) is 0 Å². The minimum atomic E-state index is 0.251. The smallest absolute Gasteiger partial charge is 0.0750 e. The van der Waals surface area contributed by atoms with Crippen molar-refractivity contribution in [1.29, 1.82) is 0 Å². The highest BCUT2D eigenvalue weighted by atomic mass is 16.5. The molecule has 2 unspecified atom stereocenters. The third-order valence-corrected chi connectivity index (χ3v) is 3.27. The quantitative estimate of drug-likeness (QED) is 0.818. The Morgan fingerprint density at radius 2 is 1.76 bits per heavy atom. The molecule has 2 nitrogen and oxygen atoms in total. The first-order valence-corrected chi connectivity index (χ1v) is 6.34. The Kier molecular flexibility index (Phi) is 5.66. The molecule has 96 valence electrons. The molecular weight excluding hydrogens is 210 g/mol. The molecule has 2 heteroatoms. The molecule has 1 N–H and O–H groups in total. The van der Waals surface area contributed by atoms with Crippen LogP contribution in [0.25, 0.3) is 0 Å². The first kappa shape index (κ1) is 14.2. The molecular formula is C15H25NO. The van der Waals surface area contributed by atoms with Gasteiger partial charge in [-0.3, -0.25) is 0 Å². The summed E-state index contributed by atoms with van der Waals surface area (Å²) in [6.45, 7) is 6.52. The van der Waals surface area contributed by atoms with Crippen LogP contribution in [0.3, 0.4) is 0 Å². The number of benzene rings is 1. The second-order valence-electron chi connectivity index (χ2n) is 5.03. The Morgan fingerprint density at radius 1 is 1.18 bits per heavy atom. The summed E-state index contributed by atoms with van der Waals surface area (Å²) in [5.41, 5.74) is 2.67. The molecule has 2 atom stereocenters. The van der Waals surface area contributed by atoms with E-state index < -0.39 is 0 Å². The zero-order valence-electron chi connectivity index (χ0n) is 11.7. The fraction of sp³-hybridized carbons (Fsp3) is 0.600. The van der Waals surface area contributed by atoms with E-state index in [2.05, 4.69) is 50.4 Å². The Morgan fingerprint density at radius 3 is 2.18 bits per heavy atom. The first-order chi connectivity index (χ1) is 8.08. The van der Waals surface area contributed by atoms with Gasteiger partial charge in [0.05, 0.1) is 6.10 Å². The van der Waals surface area contributed by atoms with Gasteiger partial charge in [0.1, 0.15) is 0 Å². The van der Waals surface area contributed by atoms with E-state index in [1.165, 1.54) is 11.1 Å². The van der Waals surface area contributed by atoms with Crippen LogP contribution >= 0.6 is 0 Å².